The molecule has 0 bridgehead atoms. The quantitative estimate of drug-likeness (QED) is 0.416. The minimum Gasteiger partial charge on any atom is -0.307 e. The van der Waals surface area contributed by atoms with Crippen molar-refractivity contribution in [3.8, 4) is 0 Å². The van der Waals surface area contributed by atoms with E-state index in [4.69, 9.17) is 4.99 Å². The predicted molar refractivity (Wildman–Crippen MR) is 103 cm³/mol. The third-order valence-corrected chi connectivity index (χ3v) is 5.19. The summed E-state index contributed by atoms with van der Waals surface area (Å²) in [4.78, 5) is 16.1. The zero-order valence-electron chi connectivity index (χ0n) is 16.3. The third-order valence-electron chi connectivity index (χ3n) is 5.19. The van der Waals surface area contributed by atoms with Crippen LogP contribution in [-0.4, -0.2) is 42.0 Å². The number of nitrogens with one attached hydrogen (secondary N) is 1. The van der Waals surface area contributed by atoms with Crippen LogP contribution in [0.3, 0.4) is 0 Å². The fourth-order valence-electron chi connectivity index (χ4n) is 3.61. The molecule has 138 valence electrons. The molecule has 1 rings (SSSR count). The molecule has 0 aliphatic carbocycles. The summed E-state index contributed by atoms with van der Waals surface area (Å²) in [5, 5.41) is 3.06. The van der Waals surface area contributed by atoms with Crippen molar-refractivity contribution in [2.24, 2.45) is 4.99 Å². The molecule has 0 aromatic rings. The summed E-state index contributed by atoms with van der Waals surface area (Å²) in [6.07, 6.45) is 15.1. The van der Waals surface area contributed by atoms with Gasteiger partial charge in [-0.15, -0.1) is 0 Å². The summed E-state index contributed by atoms with van der Waals surface area (Å²) >= 11 is 0. The van der Waals surface area contributed by atoms with Crippen LogP contribution in [0.1, 0.15) is 79.1 Å². The maximum atomic E-state index is 11.4. The number of carbonyl (C=O) groups excluding carboxylic acids is 1. The largest absolute Gasteiger partial charge is 0.307 e. The first-order valence-corrected chi connectivity index (χ1v) is 9.92. The minimum absolute atomic E-state index is 0.0340. The summed E-state index contributed by atoms with van der Waals surface area (Å²) in [5.41, 5.74) is 0. The Morgan fingerprint density at radius 2 is 1.88 bits per heavy atom. The fourth-order valence-corrected chi connectivity index (χ4v) is 3.61. The lowest BCUT2D eigenvalue weighted by atomic mass is 10.1. The summed E-state index contributed by atoms with van der Waals surface area (Å²) < 4.78 is 0.771. The van der Waals surface area contributed by atoms with Crippen molar-refractivity contribution in [2.45, 2.75) is 85.2 Å². The maximum Gasteiger partial charge on any atom is 0.224 e. The Hall–Kier alpha value is -1.16. The summed E-state index contributed by atoms with van der Waals surface area (Å²) in [6.45, 7) is 10.9. The molecule has 24 heavy (non-hydrogen) atoms. The number of likely N-dealkylation sites (N-methyl/N-ethyl adjacent to an activating group) is 1. The van der Waals surface area contributed by atoms with E-state index in [1.54, 1.807) is 6.92 Å². The highest BCUT2D eigenvalue weighted by Gasteiger charge is 2.40. The zero-order chi connectivity index (χ0) is 17.8. The van der Waals surface area contributed by atoms with E-state index in [0.717, 1.165) is 36.4 Å². The number of carbonyl (C=O) groups is 1. The molecule has 1 aliphatic rings. The lowest BCUT2D eigenvalue weighted by Crippen LogP contribution is -2.62. The number of hydrogen-bond donors (Lipinski definition) is 1. The molecule has 2 atom stereocenters. The second-order valence-corrected chi connectivity index (χ2v) is 7.00. The number of allylic oxidation sites excluding steroid dienone is 1. The van der Waals surface area contributed by atoms with Gasteiger partial charge in [-0.2, -0.15) is 0 Å². The van der Waals surface area contributed by atoms with E-state index < -0.39 is 0 Å². The lowest BCUT2D eigenvalue weighted by molar-refractivity contribution is -0.859. The summed E-state index contributed by atoms with van der Waals surface area (Å²) in [7, 11) is 0. The number of unbranched alkanes of at least 4 members (excludes halogenated alkanes) is 7. The molecule has 1 N–H and O–H groups in total. The molecular formula is C20H38N3O+. The average molecular weight is 337 g/mol. The molecule has 4 nitrogen and oxygen atoms in total. The van der Waals surface area contributed by atoms with Crippen LogP contribution in [0.2, 0.25) is 0 Å². The van der Waals surface area contributed by atoms with Crippen LogP contribution < -0.4 is 5.32 Å². The highest BCUT2D eigenvalue weighted by molar-refractivity contribution is 5.88. The normalized spacial score (nSPS) is 21.9. The molecule has 1 heterocycles. The molecule has 0 radical (unpaired) electrons. The van der Waals surface area contributed by atoms with Gasteiger partial charge >= 0.3 is 0 Å². The second kappa shape index (κ2) is 11.4. The first-order chi connectivity index (χ1) is 11.6. The number of nitrogens with zero attached hydrogens (tertiary/aromatic N) is 2. The molecule has 0 saturated heterocycles. The molecule has 0 aromatic heterocycles. The van der Waals surface area contributed by atoms with Crippen LogP contribution in [0.15, 0.2) is 17.1 Å². The van der Waals surface area contributed by atoms with Gasteiger partial charge in [0, 0.05) is 19.9 Å². The Balaban J connectivity index is 2.40. The predicted octanol–water partition coefficient (Wildman–Crippen LogP) is 4.41. The SMILES string of the molecule is CCCCCCCCC/C=C/C1=NCC[N+]1(CC)C(C)NC(C)=O. The highest BCUT2D eigenvalue weighted by atomic mass is 16.1. The number of amides is 1. The Morgan fingerprint density at radius 3 is 2.50 bits per heavy atom. The molecule has 0 saturated carbocycles. The maximum absolute atomic E-state index is 11.4. The van der Waals surface area contributed by atoms with Gasteiger partial charge in [-0.3, -0.25) is 9.28 Å². The van der Waals surface area contributed by atoms with Gasteiger partial charge in [-0.1, -0.05) is 51.5 Å². The van der Waals surface area contributed by atoms with Crippen LogP contribution in [-0.2, 0) is 4.79 Å². The van der Waals surface area contributed by atoms with E-state index in [-0.39, 0.29) is 12.1 Å². The molecule has 0 spiro atoms. The molecule has 0 aromatic carbocycles. The van der Waals surface area contributed by atoms with Crippen LogP contribution in [0, 0.1) is 0 Å². The first-order valence-electron chi connectivity index (χ1n) is 9.92. The molecular weight excluding hydrogens is 298 g/mol. The Bertz CT molecular complexity index is 431. The van der Waals surface area contributed by atoms with Crippen molar-refractivity contribution in [1.82, 2.24) is 5.32 Å². The lowest BCUT2D eigenvalue weighted by Gasteiger charge is -2.38. The van der Waals surface area contributed by atoms with Gasteiger partial charge in [0.05, 0.1) is 13.1 Å². The van der Waals surface area contributed by atoms with Crippen LogP contribution in [0.5, 0.6) is 0 Å². The van der Waals surface area contributed by atoms with Gasteiger partial charge in [0.15, 0.2) is 6.17 Å². The smallest absolute Gasteiger partial charge is 0.224 e. The average Bonchev–Trinajstić information content (AvgIpc) is 2.97. The van der Waals surface area contributed by atoms with Crippen molar-refractivity contribution in [3.63, 3.8) is 0 Å². The standard InChI is InChI=1S/C20H37N3O/c1-5-7-8-9-10-11-12-13-14-15-20-21-16-17-23(20,6-2)18(3)22-19(4)24/h14-15,18H,5-13,16-17H2,1-4H3/p+1/b15-14+. The molecule has 1 amide bonds. The number of amidine groups is 1. The van der Waals surface area contributed by atoms with E-state index in [2.05, 4.69) is 38.2 Å². The van der Waals surface area contributed by atoms with Crippen LogP contribution in [0.25, 0.3) is 0 Å². The van der Waals surface area contributed by atoms with Gasteiger partial charge < -0.3 is 5.32 Å². The first kappa shape index (κ1) is 20.9. The molecule has 0 fully saturated rings. The van der Waals surface area contributed by atoms with Crippen LogP contribution >= 0.6 is 0 Å². The zero-order valence-corrected chi connectivity index (χ0v) is 16.3. The van der Waals surface area contributed by atoms with E-state index in [9.17, 15) is 4.79 Å². The minimum atomic E-state index is 0.0340. The molecule has 4 heteroatoms. The van der Waals surface area contributed by atoms with Gasteiger partial charge in [0.1, 0.15) is 6.54 Å². The van der Waals surface area contributed by atoms with Crippen molar-refractivity contribution >= 4 is 11.7 Å². The number of hydrogen-bond acceptors (Lipinski definition) is 2. The van der Waals surface area contributed by atoms with E-state index in [1.165, 1.54) is 44.9 Å². The van der Waals surface area contributed by atoms with Crippen LogP contribution in [0.4, 0.5) is 0 Å². The Labute approximate surface area is 149 Å². The van der Waals surface area contributed by atoms with Crippen molar-refractivity contribution in [3.05, 3.63) is 12.2 Å². The Kier molecular flexibility index (Phi) is 9.92. The van der Waals surface area contributed by atoms with E-state index in [0.29, 0.717) is 0 Å². The topological polar surface area (TPSA) is 41.5 Å². The number of quaternary nitrogens is 1. The molecule has 1 aliphatic heterocycles. The summed E-state index contributed by atoms with van der Waals surface area (Å²) in [5.74, 6) is 1.16. The monoisotopic (exact) mass is 336 g/mol. The fraction of sp³-hybridized carbons (Fsp3) is 0.800. The van der Waals surface area contributed by atoms with Gasteiger partial charge in [-0.25, -0.2) is 4.99 Å². The van der Waals surface area contributed by atoms with Crippen molar-refractivity contribution < 1.29 is 9.28 Å². The summed E-state index contributed by atoms with van der Waals surface area (Å²) in [6, 6.07) is 0. The Morgan fingerprint density at radius 1 is 1.21 bits per heavy atom. The third kappa shape index (κ3) is 6.39. The number of aliphatic imine (C=N–C) groups is 1. The highest BCUT2D eigenvalue weighted by Crippen LogP contribution is 2.20. The second-order valence-electron chi connectivity index (χ2n) is 7.00. The molecule has 2 unspecified atom stereocenters. The number of rotatable bonds is 12. The van der Waals surface area contributed by atoms with Gasteiger partial charge in [0.25, 0.3) is 0 Å². The van der Waals surface area contributed by atoms with Crippen molar-refractivity contribution in [1.29, 1.82) is 0 Å². The van der Waals surface area contributed by atoms with Gasteiger partial charge in [-0.05, 0) is 19.8 Å². The van der Waals surface area contributed by atoms with Gasteiger partial charge in [0.2, 0.25) is 11.7 Å². The van der Waals surface area contributed by atoms with E-state index in [1.807, 2.05) is 0 Å². The van der Waals surface area contributed by atoms with Crippen molar-refractivity contribution in [2.75, 3.05) is 19.6 Å². The van der Waals surface area contributed by atoms with E-state index >= 15 is 0 Å².